The highest BCUT2D eigenvalue weighted by Gasteiger charge is 2.21. The van der Waals surface area contributed by atoms with Crippen LogP contribution in [0.25, 0.3) is 43.1 Å². The van der Waals surface area contributed by atoms with Gasteiger partial charge < -0.3 is 9.80 Å². The Labute approximate surface area is 286 Å². The number of fused-ring (bicyclic) bond motifs is 4. The zero-order chi connectivity index (χ0) is 32.7. The van der Waals surface area contributed by atoms with Gasteiger partial charge in [0, 0.05) is 32.9 Å². The summed E-state index contributed by atoms with van der Waals surface area (Å²) in [4.78, 5) is 4.83. The van der Waals surface area contributed by atoms with Crippen LogP contribution in [0.3, 0.4) is 0 Å². The smallest absolute Gasteiger partial charge is 0.0540 e. The molecule has 0 aromatic heterocycles. The van der Waals surface area contributed by atoms with Crippen LogP contribution in [0.15, 0.2) is 188 Å². The maximum Gasteiger partial charge on any atom is 0.0540 e. The average Bonchev–Trinajstić information content (AvgIpc) is 3.16. The van der Waals surface area contributed by atoms with Gasteiger partial charge in [-0.15, -0.1) is 0 Å². The summed E-state index contributed by atoms with van der Waals surface area (Å²) in [7, 11) is 0. The second-order valence-electron chi connectivity index (χ2n) is 12.7. The molecular formula is C47H34N2. The molecule has 0 heterocycles. The van der Waals surface area contributed by atoms with E-state index in [1.54, 1.807) is 0 Å². The zero-order valence-corrected chi connectivity index (χ0v) is 27.3. The lowest BCUT2D eigenvalue weighted by atomic mass is 10.0. The average molecular weight is 627 g/mol. The van der Waals surface area contributed by atoms with Crippen LogP contribution >= 0.6 is 0 Å². The highest BCUT2D eigenvalue weighted by molar-refractivity contribution is 6.07. The van der Waals surface area contributed by atoms with Gasteiger partial charge in [0.15, 0.2) is 0 Å². The molecular weight excluding hydrogens is 593 g/mol. The monoisotopic (exact) mass is 626 g/mol. The van der Waals surface area contributed by atoms with Crippen molar-refractivity contribution in [3.8, 4) is 0 Å². The van der Waals surface area contributed by atoms with Crippen LogP contribution in [-0.2, 0) is 0 Å². The molecule has 0 bridgehead atoms. The highest BCUT2D eigenvalue weighted by atomic mass is 15.2. The minimum absolute atomic E-state index is 1.10. The SMILES string of the molecule is Cc1ccc2c(N(c3ccc(N(c4cccc5ccccc45)c4cccc5ccccc45)cc3)c3cccc4ccccc34)cccc2c1. The molecule has 0 spiro atoms. The summed E-state index contributed by atoms with van der Waals surface area (Å²) in [5.41, 5.74) is 8.06. The minimum atomic E-state index is 1.10. The molecule has 0 aliphatic carbocycles. The van der Waals surface area contributed by atoms with Gasteiger partial charge in [-0.1, -0.05) is 145 Å². The Kier molecular flexibility index (Phi) is 7.06. The van der Waals surface area contributed by atoms with E-state index in [2.05, 4.69) is 205 Å². The third kappa shape index (κ3) is 5.06. The van der Waals surface area contributed by atoms with Gasteiger partial charge in [-0.3, -0.25) is 0 Å². The number of anilines is 6. The van der Waals surface area contributed by atoms with E-state index in [4.69, 9.17) is 0 Å². The third-order valence-corrected chi connectivity index (χ3v) is 9.64. The van der Waals surface area contributed by atoms with Gasteiger partial charge in [-0.05, 0) is 77.0 Å². The minimum Gasteiger partial charge on any atom is -0.309 e. The molecule has 0 amide bonds. The van der Waals surface area contributed by atoms with E-state index in [-0.39, 0.29) is 0 Å². The van der Waals surface area contributed by atoms with Crippen LogP contribution in [0, 0.1) is 6.92 Å². The molecule has 0 N–H and O–H groups in total. The molecule has 49 heavy (non-hydrogen) atoms. The molecule has 2 nitrogen and oxygen atoms in total. The fourth-order valence-corrected chi connectivity index (χ4v) is 7.36. The number of benzene rings is 9. The Morgan fingerprint density at radius 1 is 0.286 bits per heavy atom. The first-order chi connectivity index (χ1) is 24.2. The van der Waals surface area contributed by atoms with E-state index in [1.807, 2.05) is 0 Å². The normalized spacial score (nSPS) is 11.4. The van der Waals surface area contributed by atoms with Crippen molar-refractivity contribution < 1.29 is 0 Å². The summed E-state index contributed by atoms with van der Waals surface area (Å²) in [6.07, 6.45) is 0. The number of hydrogen-bond acceptors (Lipinski definition) is 2. The van der Waals surface area contributed by atoms with E-state index < -0.39 is 0 Å². The Balaban J connectivity index is 1.26. The van der Waals surface area contributed by atoms with E-state index in [9.17, 15) is 0 Å². The molecule has 0 saturated carbocycles. The number of hydrogen-bond donors (Lipinski definition) is 0. The van der Waals surface area contributed by atoms with E-state index in [0.29, 0.717) is 0 Å². The van der Waals surface area contributed by atoms with Gasteiger partial charge in [-0.2, -0.15) is 0 Å². The Morgan fingerprint density at radius 3 is 1.02 bits per heavy atom. The third-order valence-electron chi connectivity index (χ3n) is 9.64. The Bertz CT molecular complexity index is 2540. The zero-order valence-electron chi connectivity index (χ0n) is 27.3. The molecule has 9 rings (SSSR count). The first-order valence-electron chi connectivity index (χ1n) is 16.9. The lowest BCUT2D eigenvalue weighted by Gasteiger charge is -2.30. The summed E-state index contributed by atoms with van der Waals surface area (Å²) in [6.45, 7) is 2.16. The molecule has 2 heteroatoms. The molecule has 0 atom stereocenters. The van der Waals surface area contributed by atoms with Crippen molar-refractivity contribution in [2.24, 2.45) is 0 Å². The summed E-state index contributed by atoms with van der Waals surface area (Å²) >= 11 is 0. The van der Waals surface area contributed by atoms with Crippen LogP contribution in [0.1, 0.15) is 5.56 Å². The highest BCUT2D eigenvalue weighted by Crippen LogP contribution is 2.45. The lowest BCUT2D eigenvalue weighted by molar-refractivity contribution is 1.28. The molecule has 9 aromatic carbocycles. The van der Waals surface area contributed by atoms with Crippen molar-refractivity contribution in [1.82, 2.24) is 0 Å². The Hall–Kier alpha value is -6.38. The van der Waals surface area contributed by atoms with Gasteiger partial charge in [-0.25, -0.2) is 0 Å². The molecule has 0 saturated heterocycles. The van der Waals surface area contributed by atoms with E-state index >= 15 is 0 Å². The number of aryl methyl sites for hydroxylation is 1. The van der Waals surface area contributed by atoms with Crippen LogP contribution < -0.4 is 9.80 Å². The van der Waals surface area contributed by atoms with Gasteiger partial charge in [0.1, 0.15) is 0 Å². The summed E-state index contributed by atoms with van der Waals surface area (Å²) in [5, 5.41) is 9.75. The van der Waals surface area contributed by atoms with Gasteiger partial charge >= 0.3 is 0 Å². The van der Waals surface area contributed by atoms with Crippen LogP contribution in [0.5, 0.6) is 0 Å². The van der Waals surface area contributed by atoms with Gasteiger partial charge in [0.25, 0.3) is 0 Å². The second kappa shape index (κ2) is 12.0. The van der Waals surface area contributed by atoms with Crippen molar-refractivity contribution in [1.29, 1.82) is 0 Å². The molecule has 0 radical (unpaired) electrons. The maximum atomic E-state index is 2.42. The van der Waals surface area contributed by atoms with Crippen LogP contribution in [0.2, 0.25) is 0 Å². The predicted octanol–water partition coefficient (Wildman–Crippen LogP) is 13.5. The van der Waals surface area contributed by atoms with Gasteiger partial charge in [0.05, 0.1) is 22.7 Å². The van der Waals surface area contributed by atoms with Crippen LogP contribution in [-0.4, -0.2) is 0 Å². The molecule has 0 unspecified atom stereocenters. The quantitative estimate of drug-likeness (QED) is 0.181. The fourth-order valence-electron chi connectivity index (χ4n) is 7.36. The summed E-state index contributed by atoms with van der Waals surface area (Å²) in [5.74, 6) is 0. The lowest BCUT2D eigenvalue weighted by Crippen LogP contribution is -2.13. The molecule has 0 fully saturated rings. The summed E-state index contributed by atoms with van der Waals surface area (Å²) < 4.78 is 0. The number of rotatable bonds is 6. The molecule has 0 aliphatic rings. The van der Waals surface area contributed by atoms with E-state index in [1.165, 1.54) is 48.7 Å². The van der Waals surface area contributed by atoms with Crippen molar-refractivity contribution >= 4 is 77.2 Å². The predicted molar refractivity (Wildman–Crippen MR) is 211 cm³/mol. The molecule has 9 aromatic rings. The van der Waals surface area contributed by atoms with Crippen LogP contribution in [0.4, 0.5) is 34.1 Å². The number of nitrogens with zero attached hydrogens (tertiary/aromatic N) is 2. The van der Waals surface area contributed by atoms with Crippen molar-refractivity contribution in [2.45, 2.75) is 6.92 Å². The molecule has 232 valence electrons. The van der Waals surface area contributed by atoms with Crippen molar-refractivity contribution in [3.63, 3.8) is 0 Å². The standard InChI is InChI=1S/C47H34N2/c1-33-26-31-43-37(32-33)18-11-25-47(43)49(46-24-10-17-36-14-4-7-21-42(36)46)39-29-27-38(28-30-39)48(44-22-8-15-34-12-2-5-19-40(34)44)45-23-9-16-35-13-3-6-20-41(35)45/h2-32H,1H3. The van der Waals surface area contributed by atoms with E-state index in [0.717, 1.165) is 34.1 Å². The Morgan fingerprint density at radius 2 is 0.612 bits per heavy atom. The summed E-state index contributed by atoms with van der Waals surface area (Å²) in [6, 6.07) is 68.2. The maximum absolute atomic E-state index is 2.42. The topological polar surface area (TPSA) is 6.48 Å². The second-order valence-corrected chi connectivity index (χ2v) is 12.7. The fraction of sp³-hybridized carbons (Fsp3) is 0.0213. The first-order valence-corrected chi connectivity index (χ1v) is 16.9. The first kappa shape index (κ1) is 28.8. The molecule has 0 aliphatic heterocycles. The van der Waals surface area contributed by atoms with Gasteiger partial charge in [0.2, 0.25) is 0 Å². The largest absolute Gasteiger partial charge is 0.309 e. The van der Waals surface area contributed by atoms with Crippen molar-refractivity contribution in [2.75, 3.05) is 9.80 Å². The van der Waals surface area contributed by atoms with Crippen molar-refractivity contribution in [3.05, 3.63) is 194 Å².